The number of hydrogen-bond acceptors (Lipinski definition) is 5. The van der Waals surface area contributed by atoms with Gasteiger partial charge in [0.1, 0.15) is 0 Å². The SMILES string of the molecule is CN(C)CCN(C(=O)C(=O)Nc1cccc(Br)c1)C1CCS(=O)(=O)C1. The predicted molar refractivity (Wildman–Crippen MR) is 100 cm³/mol. The monoisotopic (exact) mass is 431 g/mol. The van der Waals surface area contributed by atoms with Crippen LogP contribution in [0.2, 0.25) is 0 Å². The van der Waals surface area contributed by atoms with Gasteiger partial charge in [-0.15, -0.1) is 0 Å². The van der Waals surface area contributed by atoms with Crippen LogP contribution in [0.25, 0.3) is 0 Å². The molecule has 0 aliphatic carbocycles. The largest absolute Gasteiger partial charge is 0.329 e. The Morgan fingerprint density at radius 1 is 1.28 bits per heavy atom. The molecule has 1 aromatic rings. The van der Waals surface area contributed by atoms with E-state index in [9.17, 15) is 18.0 Å². The Morgan fingerprint density at radius 2 is 2.00 bits per heavy atom. The Labute approximate surface area is 156 Å². The summed E-state index contributed by atoms with van der Waals surface area (Å²) < 4.78 is 24.3. The first kappa shape index (κ1) is 19.9. The summed E-state index contributed by atoms with van der Waals surface area (Å²) in [5, 5.41) is 2.57. The number of sulfone groups is 1. The number of benzene rings is 1. The standard InChI is InChI=1S/C16H22BrN3O4S/c1-19(2)7-8-20(14-6-9-25(23,24)11-14)16(22)15(21)18-13-5-3-4-12(17)10-13/h3-5,10,14H,6-9,11H2,1-2H3,(H,18,21). The van der Waals surface area contributed by atoms with Gasteiger partial charge >= 0.3 is 11.8 Å². The van der Waals surface area contributed by atoms with Crippen molar-refractivity contribution in [1.82, 2.24) is 9.80 Å². The molecule has 9 heteroatoms. The fourth-order valence-corrected chi connectivity index (χ4v) is 4.79. The van der Waals surface area contributed by atoms with E-state index in [0.717, 1.165) is 4.47 Å². The molecule has 1 saturated heterocycles. The highest BCUT2D eigenvalue weighted by Crippen LogP contribution is 2.19. The molecule has 1 fully saturated rings. The summed E-state index contributed by atoms with van der Waals surface area (Å²) in [5.74, 6) is -1.50. The molecule has 1 atom stereocenters. The molecule has 1 aromatic carbocycles. The van der Waals surface area contributed by atoms with Crippen LogP contribution in [-0.2, 0) is 19.4 Å². The molecule has 25 heavy (non-hydrogen) atoms. The molecular formula is C16H22BrN3O4S. The highest BCUT2D eigenvalue weighted by molar-refractivity contribution is 9.10. The molecule has 0 aromatic heterocycles. The highest BCUT2D eigenvalue weighted by Gasteiger charge is 2.36. The predicted octanol–water partition coefficient (Wildman–Crippen LogP) is 0.965. The van der Waals surface area contributed by atoms with Gasteiger partial charge in [0.25, 0.3) is 0 Å². The summed E-state index contributed by atoms with van der Waals surface area (Å²) in [5.41, 5.74) is 0.499. The Balaban J connectivity index is 2.12. The molecule has 1 aliphatic rings. The Hall–Kier alpha value is -1.45. The average Bonchev–Trinajstić information content (AvgIpc) is 2.87. The van der Waals surface area contributed by atoms with Crippen molar-refractivity contribution in [2.45, 2.75) is 12.5 Å². The second-order valence-corrected chi connectivity index (χ2v) is 9.47. The topological polar surface area (TPSA) is 86.8 Å². The van der Waals surface area contributed by atoms with Crippen LogP contribution in [0.5, 0.6) is 0 Å². The molecular weight excluding hydrogens is 410 g/mol. The van der Waals surface area contributed by atoms with Gasteiger partial charge in [-0.25, -0.2) is 8.42 Å². The van der Waals surface area contributed by atoms with E-state index in [0.29, 0.717) is 25.2 Å². The van der Waals surface area contributed by atoms with E-state index in [-0.39, 0.29) is 11.5 Å². The van der Waals surface area contributed by atoms with Crippen molar-refractivity contribution in [2.24, 2.45) is 0 Å². The van der Waals surface area contributed by atoms with Gasteiger partial charge in [-0.1, -0.05) is 22.0 Å². The lowest BCUT2D eigenvalue weighted by Gasteiger charge is -2.28. The third-order valence-corrected chi connectivity index (χ3v) is 6.22. The zero-order valence-corrected chi connectivity index (χ0v) is 16.6. The molecule has 1 unspecified atom stereocenters. The first-order valence-electron chi connectivity index (χ1n) is 7.90. The van der Waals surface area contributed by atoms with E-state index in [2.05, 4.69) is 21.2 Å². The molecule has 0 bridgehead atoms. The minimum atomic E-state index is -3.15. The number of hydrogen-bond donors (Lipinski definition) is 1. The van der Waals surface area contributed by atoms with Crippen molar-refractivity contribution in [1.29, 1.82) is 0 Å². The van der Waals surface area contributed by atoms with Crippen molar-refractivity contribution < 1.29 is 18.0 Å². The van der Waals surface area contributed by atoms with Crippen LogP contribution < -0.4 is 5.32 Å². The highest BCUT2D eigenvalue weighted by atomic mass is 79.9. The van der Waals surface area contributed by atoms with E-state index in [1.807, 2.05) is 25.1 Å². The number of halogens is 1. The molecule has 0 radical (unpaired) electrons. The van der Waals surface area contributed by atoms with Gasteiger partial charge in [0.15, 0.2) is 9.84 Å². The van der Waals surface area contributed by atoms with E-state index in [1.54, 1.807) is 18.2 Å². The number of rotatable bonds is 5. The number of anilines is 1. The van der Waals surface area contributed by atoms with Gasteiger partial charge in [-0.05, 0) is 38.7 Å². The van der Waals surface area contributed by atoms with Crippen molar-refractivity contribution >= 4 is 43.3 Å². The van der Waals surface area contributed by atoms with Crippen LogP contribution in [0.15, 0.2) is 28.7 Å². The quantitative estimate of drug-likeness (QED) is 0.701. The van der Waals surface area contributed by atoms with Crippen molar-refractivity contribution in [2.75, 3.05) is 44.0 Å². The van der Waals surface area contributed by atoms with Crippen LogP contribution in [0.1, 0.15) is 6.42 Å². The van der Waals surface area contributed by atoms with Gasteiger partial charge in [-0.3, -0.25) is 9.59 Å². The Morgan fingerprint density at radius 3 is 2.56 bits per heavy atom. The van der Waals surface area contributed by atoms with Crippen LogP contribution >= 0.6 is 15.9 Å². The molecule has 1 aliphatic heterocycles. The smallest absolute Gasteiger partial charge is 0.313 e. The summed E-state index contributed by atoms with van der Waals surface area (Å²) in [6.07, 6.45) is 0.367. The van der Waals surface area contributed by atoms with Crippen LogP contribution in [0.3, 0.4) is 0 Å². The minimum absolute atomic E-state index is 0.0522. The molecule has 2 rings (SSSR count). The summed E-state index contributed by atoms with van der Waals surface area (Å²) in [4.78, 5) is 28.3. The summed E-state index contributed by atoms with van der Waals surface area (Å²) >= 11 is 3.31. The fraction of sp³-hybridized carbons (Fsp3) is 0.500. The third kappa shape index (κ3) is 5.79. The zero-order valence-electron chi connectivity index (χ0n) is 14.2. The normalized spacial score (nSPS) is 19.0. The lowest BCUT2D eigenvalue weighted by Crippen LogP contribution is -2.48. The molecule has 0 spiro atoms. The summed E-state index contributed by atoms with van der Waals surface area (Å²) in [7, 11) is 0.565. The van der Waals surface area contributed by atoms with E-state index >= 15 is 0 Å². The van der Waals surface area contributed by atoms with Crippen molar-refractivity contribution in [3.63, 3.8) is 0 Å². The van der Waals surface area contributed by atoms with E-state index in [1.165, 1.54) is 4.90 Å². The minimum Gasteiger partial charge on any atom is -0.329 e. The maximum atomic E-state index is 12.6. The molecule has 138 valence electrons. The molecule has 0 saturated carbocycles. The van der Waals surface area contributed by atoms with Crippen LogP contribution in [0.4, 0.5) is 5.69 Å². The summed E-state index contributed by atoms with van der Waals surface area (Å²) in [6.45, 7) is 0.852. The lowest BCUT2D eigenvalue weighted by atomic mass is 10.2. The van der Waals surface area contributed by atoms with Gasteiger partial charge in [0.05, 0.1) is 11.5 Å². The van der Waals surface area contributed by atoms with E-state index < -0.39 is 27.7 Å². The van der Waals surface area contributed by atoms with Crippen molar-refractivity contribution in [3.8, 4) is 0 Å². The van der Waals surface area contributed by atoms with Gasteiger partial charge < -0.3 is 15.1 Å². The maximum absolute atomic E-state index is 12.6. The molecule has 1 N–H and O–H groups in total. The number of likely N-dealkylation sites (N-methyl/N-ethyl adjacent to an activating group) is 1. The Bertz CT molecular complexity index is 752. The number of amides is 2. The molecule has 1 heterocycles. The van der Waals surface area contributed by atoms with Crippen LogP contribution in [-0.4, -0.2) is 74.8 Å². The first-order valence-corrected chi connectivity index (χ1v) is 10.5. The second kappa shape index (κ2) is 8.29. The van der Waals surface area contributed by atoms with Gasteiger partial charge in [0, 0.05) is 29.3 Å². The number of carbonyl (C=O) groups excluding carboxylic acids is 2. The molecule has 7 nitrogen and oxygen atoms in total. The maximum Gasteiger partial charge on any atom is 0.313 e. The zero-order chi connectivity index (χ0) is 18.6. The number of nitrogens with zero attached hydrogens (tertiary/aromatic N) is 2. The van der Waals surface area contributed by atoms with Gasteiger partial charge in [0.2, 0.25) is 0 Å². The summed E-state index contributed by atoms with van der Waals surface area (Å²) in [6, 6.07) is 6.47. The number of carbonyl (C=O) groups is 2. The number of nitrogens with one attached hydrogen (secondary N) is 1. The first-order chi connectivity index (χ1) is 11.7. The molecule has 2 amide bonds. The van der Waals surface area contributed by atoms with Crippen molar-refractivity contribution in [3.05, 3.63) is 28.7 Å². The Kier molecular flexibility index (Phi) is 6.59. The fourth-order valence-electron chi connectivity index (χ4n) is 2.66. The van der Waals surface area contributed by atoms with E-state index in [4.69, 9.17) is 0 Å². The lowest BCUT2D eigenvalue weighted by molar-refractivity contribution is -0.144. The average molecular weight is 432 g/mol. The van der Waals surface area contributed by atoms with Gasteiger partial charge in [-0.2, -0.15) is 0 Å². The second-order valence-electron chi connectivity index (χ2n) is 6.32. The third-order valence-electron chi connectivity index (χ3n) is 3.97. The van der Waals surface area contributed by atoms with Crippen LogP contribution in [0, 0.1) is 0 Å².